The molecule has 0 aliphatic carbocycles. The zero-order chi connectivity index (χ0) is 43.1. The second-order valence-electron chi connectivity index (χ2n) is 13.3. The monoisotopic (exact) mass is 920 g/mol. The van der Waals surface area contributed by atoms with Crippen molar-refractivity contribution < 1.29 is 37.4 Å². The Labute approximate surface area is 360 Å². The molecule has 14 nitrogen and oxygen atoms in total. The number of methoxy groups -OCH3 is 2. The summed E-state index contributed by atoms with van der Waals surface area (Å²) in [5, 5.41) is 3.34. The smallest absolute Gasteiger partial charge is 0.339 e. The Morgan fingerprint density at radius 1 is 0.712 bits per heavy atom. The number of hydrogen-bond donors (Lipinski definition) is 1. The summed E-state index contributed by atoms with van der Waals surface area (Å²) in [4.78, 5) is 65.3. The maximum atomic E-state index is 13.6. The van der Waals surface area contributed by atoms with Gasteiger partial charge in [-0.2, -0.15) is 0 Å². The molecule has 316 valence electrons. The second kappa shape index (κ2) is 23.0. The van der Waals surface area contributed by atoms with Gasteiger partial charge < -0.3 is 34.4 Å². The number of nitrogens with one attached hydrogen (secondary N) is 1. The van der Waals surface area contributed by atoms with Crippen LogP contribution in [0.25, 0.3) is 0 Å². The van der Waals surface area contributed by atoms with Crippen molar-refractivity contribution >= 4 is 74.5 Å². The summed E-state index contributed by atoms with van der Waals surface area (Å²) in [7, 11) is 6.67. The second-order valence-corrected chi connectivity index (χ2v) is 14.7. The van der Waals surface area contributed by atoms with Crippen LogP contribution in [0, 0.1) is 11.6 Å². The van der Waals surface area contributed by atoms with Crippen LogP contribution in [0.2, 0.25) is 10.0 Å². The normalized spacial score (nSPS) is 14.2. The molecule has 4 amide bonds. The van der Waals surface area contributed by atoms with Crippen LogP contribution in [0.3, 0.4) is 0 Å². The molecule has 19 heteroatoms. The minimum atomic E-state index is -0.553. The van der Waals surface area contributed by atoms with E-state index in [9.17, 15) is 28.0 Å². The van der Waals surface area contributed by atoms with Gasteiger partial charge in [-0.05, 0) is 74.8 Å². The number of aromatic nitrogens is 2. The molecule has 0 spiro atoms. The standard InChI is InChI=1S/C20H22ClFN4O3.C12H15ClFN3O.C8H8BrNO2/c1-24-7-9-25(10-8-24)20(28)26(16-5-6-18(22)17(21)11-16)13-15-4-3-14(12-23-15)19(27)29-2;1-16-4-6-17(7-5-16)12(18)15-9-2-3-11(14)10(13)8-9;1-12-8(11)6-2-3-7(4-9)10-5-6/h3-6,11-12H,7-10,13H2,1-2H3;2-3,8H,4-7H2,1H3,(H,15,18);2-3,5H,4H2,1H3. The summed E-state index contributed by atoms with van der Waals surface area (Å²) in [5.74, 6) is -1.89. The number of urea groups is 2. The first-order valence-corrected chi connectivity index (χ1v) is 20.1. The van der Waals surface area contributed by atoms with E-state index in [0.717, 1.165) is 31.9 Å². The summed E-state index contributed by atoms with van der Waals surface area (Å²) in [6, 6.07) is 14.6. The molecule has 6 rings (SSSR count). The molecular formula is C40H45BrCl2F2N8O6. The lowest BCUT2D eigenvalue weighted by Crippen LogP contribution is -2.52. The van der Waals surface area contributed by atoms with Gasteiger partial charge in [0.15, 0.2) is 0 Å². The molecule has 1 N–H and O–H groups in total. The summed E-state index contributed by atoms with van der Waals surface area (Å²) in [5.41, 5.74) is 3.23. The molecule has 0 radical (unpaired) electrons. The fourth-order valence-corrected chi connectivity index (χ4v) is 6.22. The lowest BCUT2D eigenvalue weighted by atomic mass is 10.2. The molecule has 2 fully saturated rings. The van der Waals surface area contributed by atoms with Gasteiger partial charge in [0.1, 0.15) is 11.6 Å². The highest BCUT2D eigenvalue weighted by Gasteiger charge is 2.26. The number of benzene rings is 2. The summed E-state index contributed by atoms with van der Waals surface area (Å²) in [6.07, 6.45) is 2.90. The van der Waals surface area contributed by atoms with Crippen molar-refractivity contribution in [1.82, 2.24) is 29.6 Å². The van der Waals surface area contributed by atoms with E-state index < -0.39 is 17.6 Å². The van der Waals surface area contributed by atoms with Gasteiger partial charge in [-0.15, -0.1) is 0 Å². The molecule has 0 unspecified atom stereocenters. The Morgan fingerprint density at radius 3 is 1.66 bits per heavy atom. The van der Waals surface area contributed by atoms with Gasteiger partial charge in [-0.25, -0.2) is 28.0 Å². The van der Waals surface area contributed by atoms with Crippen molar-refractivity contribution in [3.8, 4) is 0 Å². The van der Waals surface area contributed by atoms with E-state index in [-0.39, 0.29) is 34.6 Å². The molecule has 4 heterocycles. The molecule has 59 heavy (non-hydrogen) atoms. The molecule has 2 aliphatic heterocycles. The first kappa shape index (κ1) is 46.7. The maximum absolute atomic E-state index is 13.6. The quantitative estimate of drug-likeness (QED) is 0.152. The highest BCUT2D eigenvalue weighted by Crippen LogP contribution is 2.26. The van der Waals surface area contributed by atoms with Crippen molar-refractivity contribution in [3.63, 3.8) is 0 Å². The van der Waals surface area contributed by atoms with Crippen LogP contribution in [-0.4, -0.2) is 134 Å². The number of rotatable bonds is 7. The van der Waals surface area contributed by atoms with Crippen LogP contribution in [0.1, 0.15) is 32.1 Å². The van der Waals surface area contributed by atoms with Crippen LogP contribution in [0.15, 0.2) is 73.1 Å². The van der Waals surface area contributed by atoms with Gasteiger partial charge >= 0.3 is 24.0 Å². The fourth-order valence-electron chi connectivity index (χ4n) is 5.54. The topological polar surface area (TPSA) is 141 Å². The van der Waals surface area contributed by atoms with Crippen molar-refractivity contribution in [2.45, 2.75) is 11.9 Å². The number of alkyl halides is 1. The number of esters is 2. The highest BCUT2D eigenvalue weighted by atomic mass is 79.9. The third kappa shape index (κ3) is 14.1. The number of halogens is 5. The highest BCUT2D eigenvalue weighted by molar-refractivity contribution is 9.08. The number of carbonyl (C=O) groups is 4. The number of nitrogens with zero attached hydrogens (tertiary/aromatic N) is 7. The lowest BCUT2D eigenvalue weighted by molar-refractivity contribution is 0.0591. The van der Waals surface area contributed by atoms with E-state index in [1.807, 2.05) is 14.1 Å². The lowest BCUT2D eigenvalue weighted by Gasteiger charge is -2.36. The van der Waals surface area contributed by atoms with Gasteiger partial charge in [0.05, 0.1) is 53.3 Å². The molecule has 2 aliphatic rings. The van der Waals surface area contributed by atoms with Crippen LogP contribution >= 0.6 is 39.1 Å². The third-order valence-corrected chi connectivity index (χ3v) is 10.3. The average molecular weight is 923 g/mol. The SMILES string of the molecule is CN1CCN(C(=O)Nc2ccc(F)c(Cl)c2)CC1.COC(=O)c1ccc(CBr)nc1.COC(=O)c1ccc(CN(C(=O)N2CCN(C)CC2)c2ccc(F)c(Cl)c2)nc1. The number of anilines is 2. The Kier molecular flexibility index (Phi) is 18.2. The van der Waals surface area contributed by atoms with Crippen molar-refractivity contribution in [2.75, 3.05) is 90.9 Å². The molecule has 0 bridgehead atoms. The number of pyridine rings is 2. The Morgan fingerprint density at radius 2 is 1.20 bits per heavy atom. The van der Waals surface area contributed by atoms with Crippen LogP contribution in [-0.2, 0) is 21.3 Å². The van der Waals surface area contributed by atoms with Gasteiger partial charge in [0.2, 0.25) is 0 Å². The van der Waals surface area contributed by atoms with Crippen LogP contribution in [0.4, 0.5) is 29.7 Å². The third-order valence-electron chi connectivity index (χ3n) is 9.13. The van der Waals surface area contributed by atoms with Gasteiger partial charge in [-0.1, -0.05) is 39.1 Å². The Balaban J connectivity index is 0.000000217. The maximum Gasteiger partial charge on any atom is 0.339 e. The Bertz CT molecular complexity index is 2040. The van der Waals surface area contributed by atoms with E-state index >= 15 is 0 Å². The molecular weight excluding hydrogens is 877 g/mol. The largest absolute Gasteiger partial charge is 0.465 e. The molecule has 2 aromatic carbocycles. The summed E-state index contributed by atoms with van der Waals surface area (Å²) >= 11 is 14.9. The van der Waals surface area contributed by atoms with Crippen molar-refractivity contribution in [1.29, 1.82) is 0 Å². The number of ether oxygens (including phenoxy) is 2. The molecule has 2 aromatic heterocycles. The zero-order valence-electron chi connectivity index (χ0n) is 33.0. The van der Waals surface area contributed by atoms with Crippen LogP contribution < -0.4 is 10.2 Å². The number of hydrogen-bond acceptors (Lipinski definition) is 10. The zero-order valence-corrected chi connectivity index (χ0v) is 36.1. The van der Waals surface area contributed by atoms with E-state index in [1.165, 1.54) is 67.9 Å². The van der Waals surface area contributed by atoms with Crippen LogP contribution in [0.5, 0.6) is 0 Å². The Hall–Kier alpha value is -4.94. The number of likely N-dealkylation sites (N-methyl/N-ethyl adjacent to an activating group) is 2. The van der Waals surface area contributed by atoms with Gasteiger partial charge in [-0.3, -0.25) is 14.9 Å². The number of amides is 4. The number of carbonyl (C=O) groups excluding carboxylic acids is 4. The van der Waals surface area contributed by atoms with E-state index in [0.29, 0.717) is 59.7 Å². The predicted octanol–water partition coefficient (Wildman–Crippen LogP) is 7.06. The van der Waals surface area contributed by atoms with E-state index in [1.54, 1.807) is 34.1 Å². The first-order valence-electron chi connectivity index (χ1n) is 18.2. The minimum Gasteiger partial charge on any atom is -0.465 e. The van der Waals surface area contributed by atoms with E-state index in [4.69, 9.17) is 23.2 Å². The average Bonchev–Trinajstić information content (AvgIpc) is 3.25. The summed E-state index contributed by atoms with van der Waals surface area (Å²) in [6.45, 7) is 5.98. The first-order chi connectivity index (χ1) is 28.2. The molecule has 4 aromatic rings. The van der Waals surface area contributed by atoms with Crippen molar-refractivity contribution in [3.05, 3.63) is 117 Å². The van der Waals surface area contributed by atoms with Crippen molar-refractivity contribution in [2.24, 2.45) is 0 Å². The number of piperazine rings is 2. The van der Waals surface area contributed by atoms with Gasteiger partial charge in [0, 0.05) is 81.5 Å². The predicted molar refractivity (Wildman–Crippen MR) is 225 cm³/mol. The fraction of sp³-hybridized carbons (Fsp3) is 0.350. The van der Waals surface area contributed by atoms with Gasteiger partial charge in [0.25, 0.3) is 0 Å². The molecule has 2 saturated heterocycles. The summed E-state index contributed by atoms with van der Waals surface area (Å²) < 4.78 is 35.8. The molecule has 0 atom stereocenters. The molecule has 0 saturated carbocycles. The van der Waals surface area contributed by atoms with E-state index in [2.05, 4.69) is 50.5 Å². The minimum absolute atomic E-state index is 0.00572.